The van der Waals surface area contributed by atoms with Gasteiger partial charge in [0.25, 0.3) is 0 Å². The summed E-state index contributed by atoms with van der Waals surface area (Å²) in [7, 11) is -1.93. The van der Waals surface area contributed by atoms with Crippen molar-refractivity contribution in [1.82, 2.24) is 19.7 Å². The van der Waals surface area contributed by atoms with Crippen LogP contribution in [0.5, 0.6) is 5.75 Å². The van der Waals surface area contributed by atoms with Gasteiger partial charge in [-0.25, -0.2) is 14.7 Å². The lowest BCUT2D eigenvalue weighted by atomic mass is 10.1. The number of nitrogens with zero attached hydrogens (tertiary/aromatic N) is 4. The van der Waals surface area contributed by atoms with Crippen LogP contribution in [-0.2, 0) is 22.7 Å². The van der Waals surface area contributed by atoms with Crippen molar-refractivity contribution in [3.05, 3.63) is 55.9 Å². The van der Waals surface area contributed by atoms with Crippen molar-refractivity contribution in [2.24, 2.45) is 7.05 Å². The predicted octanol–water partition coefficient (Wildman–Crippen LogP) is 3.99. The molecule has 15 heteroatoms. The van der Waals surface area contributed by atoms with E-state index in [1.54, 1.807) is 13.0 Å². The molecule has 1 aromatic carbocycles. The molecule has 2 rings (SSSR count). The molecule has 1 heterocycles. The summed E-state index contributed by atoms with van der Waals surface area (Å²) < 4.78 is 25.6. The van der Waals surface area contributed by atoms with Crippen molar-refractivity contribution in [3.8, 4) is 5.75 Å². The molecular weight excluding hydrogens is 523 g/mol. The molecule has 0 aliphatic heterocycles. The maximum Gasteiger partial charge on any atom is 0.434 e. The highest BCUT2D eigenvalue weighted by atomic mass is 79.9. The highest BCUT2D eigenvalue weighted by molar-refractivity contribution is 9.09. The van der Waals surface area contributed by atoms with Crippen LogP contribution in [0.3, 0.4) is 0 Å². The molecule has 0 aliphatic rings. The second kappa shape index (κ2) is 12.2. The van der Waals surface area contributed by atoms with Crippen molar-refractivity contribution >= 4 is 35.2 Å². The number of hydrogen-bond acceptors (Lipinski definition) is 8. The van der Waals surface area contributed by atoms with Gasteiger partial charge in [-0.15, -0.1) is 0 Å². The van der Waals surface area contributed by atoms with E-state index in [2.05, 4.69) is 31.1 Å². The fraction of sp³-hybridized carbons (Fsp3) is 0.500. The minimum absolute atomic E-state index is 0.0236. The van der Waals surface area contributed by atoms with Crippen LogP contribution >= 0.6 is 23.6 Å². The highest BCUT2D eigenvalue weighted by Crippen LogP contribution is 2.44. The molecule has 13 nitrogen and oxygen atoms in total. The van der Waals surface area contributed by atoms with E-state index in [0.29, 0.717) is 29.7 Å². The topological polar surface area (TPSA) is 164 Å². The van der Waals surface area contributed by atoms with Gasteiger partial charge in [-0.2, -0.15) is 0 Å². The lowest BCUT2D eigenvalue weighted by molar-refractivity contribution is -0.396. The third-order valence-corrected chi connectivity index (χ3v) is 6.83. The third kappa shape index (κ3) is 7.30. The van der Waals surface area contributed by atoms with Crippen LogP contribution in [0.2, 0.25) is 0 Å². The molecule has 2 atom stereocenters. The van der Waals surface area contributed by atoms with Gasteiger partial charge in [0.05, 0.1) is 18.1 Å². The first-order chi connectivity index (χ1) is 15.6. The van der Waals surface area contributed by atoms with E-state index in [0.717, 1.165) is 6.42 Å². The van der Waals surface area contributed by atoms with Gasteiger partial charge < -0.3 is 14.9 Å². The first-order valence-electron chi connectivity index (χ1n) is 10.0. The zero-order valence-corrected chi connectivity index (χ0v) is 20.9. The molecule has 2 N–H and O–H groups in total. The summed E-state index contributed by atoms with van der Waals surface area (Å²) in [6.07, 6.45) is 1.29. The highest BCUT2D eigenvalue weighted by Gasteiger charge is 2.27. The minimum Gasteiger partial charge on any atom is -0.479 e. The van der Waals surface area contributed by atoms with Gasteiger partial charge in [-0.3, -0.25) is 19.2 Å². The minimum atomic E-state index is -3.38. The number of aromatic nitrogens is 2. The van der Waals surface area contributed by atoms with Crippen LogP contribution in [0.4, 0.5) is 11.6 Å². The number of halogens is 1. The van der Waals surface area contributed by atoms with Crippen LogP contribution in [0.1, 0.15) is 37.6 Å². The normalized spacial score (nSPS) is 13.9. The van der Waals surface area contributed by atoms with Gasteiger partial charge >= 0.3 is 19.3 Å². The Morgan fingerprint density at radius 3 is 2.52 bits per heavy atom. The van der Waals surface area contributed by atoms with Gasteiger partial charge in [0.1, 0.15) is 12.8 Å². The molecule has 0 saturated heterocycles. The Bertz CT molecular complexity index is 1020. The molecule has 0 fully saturated rings. The molecule has 0 saturated carbocycles. The molecule has 0 spiro atoms. The van der Waals surface area contributed by atoms with Crippen molar-refractivity contribution in [2.75, 3.05) is 18.4 Å². The monoisotopic (exact) mass is 548 g/mol. The largest absolute Gasteiger partial charge is 0.479 e. The van der Waals surface area contributed by atoms with Crippen molar-refractivity contribution in [3.63, 3.8) is 0 Å². The Hall–Kier alpha value is -2.38. The van der Waals surface area contributed by atoms with Gasteiger partial charge in [0.2, 0.25) is 0 Å². The number of imidazole rings is 1. The van der Waals surface area contributed by atoms with E-state index in [9.17, 15) is 24.8 Å². The second-order valence-corrected chi connectivity index (χ2v) is 9.68. The Kier molecular flexibility index (Phi) is 9.92. The van der Waals surface area contributed by atoms with Crippen LogP contribution in [0.25, 0.3) is 0 Å². The van der Waals surface area contributed by atoms with Gasteiger partial charge in [-0.1, -0.05) is 33.9 Å². The van der Waals surface area contributed by atoms with Crippen LogP contribution < -0.4 is 14.9 Å². The van der Waals surface area contributed by atoms with E-state index in [1.807, 2.05) is 6.92 Å². The summed E-state index contributed by atoms with van der Waals surface area (Å²) in [5.74, 6) is -0.386. The Morgan fingerprint density at radius 1 is 1.24 bits per heavy atom. The first-order valence-corrected chi connectivity index (χ1v) is 12.8. The molecule has 0 aliphatic carbocycles. The Morgan fingerprint density at radius 2 is 1.94 bits per heavy atom. The molecule has 0 amide bonds. The average molecular weight is 549 g/mol. The summed E-state index contributed by atoms with van der Waals surface area (Å²) in [5.41, 5.74) is 0.492. The van der Waals surface area contributed by atoms with Crippen LogP contribution in [0, 0.1) is 20.2 Å². The van der Waals surface area contributed by atoms with Crippen molar-refractivity contribution in [1.29, 1.82) is 0 Å². The molecule has 1 aromatic heterocycles. The molecule has 2 aromatic rings. The predicted molar refractivity (Wildman–Crippen MR) is 124 cm³/mol. The Labute approximate surface area is 198 Å². The number of nitro benzene ring substituents is 1. The fourth-order valence-corrected chi connectivity index (χ4v) is 5.06. The van der Waals surface area contributed by atoms with Gasteiger partial charge in [-0.05, 0) is 29.9 Å². The zero-order valence-electron chi connectivity index (χ0n) is 18.4. The first kappa shape index (κ1) is 26.9. The maximum atomic E-state index is 13.1. The lowest BCUT2D eigenvalue weighted by Crippen LogP contribution is -2.27. The number of hydrogen-bond donors (Lipinski definition) is 2. The van der Waals surface area contributed by atoms with Crippen LogP contribution in [-0.4, -0.2) is 37.8 Å². The quantitative estimate of drug-likeness (QED) is 0.152. The summed E-state index contributed by atoms with van der Waals surface area (Å²) in [5, 5.41) is 28.8. The summed E-state index contributed by atoms with van der Waals surface area (Å²) in [4.78, 5) is 25.0. The average Bonchev–Trinajstić information content (AvgIpc) is 3.15. The smallest absolute Gasteiger partial charge is 0.434 e. The van der Waals surface area contributed by atoms with E-state index in [-0.39, 0.29) is 24.0 Å². The molecule has 33 heavy (non-hydrogen) atoms. The third-order valence-electron chi connectivity index (χ3n) is 4.54. The van der Waals surface area contributed by atoms with Gasteiger partial charge in [0, 0.05) is 24.5 Å². The number of ether oxygens (including phenoxy) is 1. The molecule has 2 unspecified atom stereocenters. The molecule has 182 valence electrons. The fourth-order valence-electron chi connectivity index (χ4n) is 2.80. The van der Waals surface area contributed by atoms with E-state index >= 15 is 0 Å². The number of rotatable bonds is 14. The number of alkyl halides is 1. The number of benzene rings is 1. The number of nitro groups is 2. The SMILES string of the molecule is CCCNP(=O)(NCCBr)OC(C)c1ccc(OCc2cnc([N+](=O)[O-])n2C)c([N+](=O)[O-])c1. The molecule has 0 bridgehead atoms. The maximum absolute atomic E-state index is 13.1. The van der Waals surface area contributed by atoms with E-state index < -0.39 is 23.6 Å². The summed E-state index contributed by atoms with van der Waals surface area (Å²) in [6, 6.07) is 4.28. The Balaban J connectivity index is 2.20. The van der Waals surface area contributed by atoms with E-state index in [4.69, 9.17) is 9.26 Å². The zero-order chi connectivity index (χ0) is 24.6. The van der Waals surface area contributed by atoms with Gasteiger partial charge in [0.15, 0.2) is 11.4 Å². The van der Waals surface area contributed by atoms with E-state index in [1.165, 1.54) is 29.9 Å². The van der Waals surface area contributed by atoms with Crippen LogP contribution in [0.15, 0.2) is 24.4 Å². The summed E-state index contributed by atoms with van der Waals surface area (Å²) >= 11 is 3.26. The second-order valence-electron chi connectivity index (χ2n) is 6.94. The summed E-state index contributed by atoms with van der Waals surface area (Å²) in [6.45, 7) is 4.29. The van der Waals surface area contributed by atoms with Crippen molar-refractivity contribution < 1.29 is 23.7 Å². The van der Waals surface area contributed by atoms with Crippen molar-refractivity contribution in [2.45, 2.75) is 33.0 Å². The number of nitrogens with one attached hydrogen (secondary N) is 2. The lowest BCUT2D eigenvalue weighted by Gasteiger charge is -2.24. The molecule has 0 radical (unpaired) electrons. The molecular formula is C18H26BrN6O7P. The standard InChI is InChI=1S/C18H26BrN6O7P/c1-4-8-21-33(30,22-9-7-19)32-13(2)14-5-6-17(16(10-14)24(26)27)31-12-15-11-20-18(23(15)3)25(28)29/h5-6,10-11,13H,4,7-9,12H2,1-3H3,(H2,21,22,30).